The van der Waals surface area contributed by atoms with E-state index in [0.717, 1.165) is 32.3 Å². The minimum absolute atomic E-state index is 0.0514. The maximum atomic E-state index is 14.4. The fourth-order valence-electron chi connectivity index (χ4n) is 3.67. The van der Waals surface area contributed by atoms with Gasteiger partial charge in [-0.15, -0.1) is 0 Å². The molecule has 2 aliphatic heterocycles. The third-order valence-corrected chi connectivity index (χ3v) is 4.83. The van der Waals surface area contributed by atoms with Crippen LogP contribution in [0.25, 0.3) is 0 Å². The SMILES string of the molecule is FC1(C2CCOC3(CCCCC3)C2)CNC1. The molecule has 2 saturated heterocycles. The number of halogens is 1. The molecule has 92 valence electrons. The maximum absolute atomic E-state index is 14.4. The van der Waals surface area contributed by atoms with Crippen molar-refractivity contribution in [1.82, 2.24) is 5.32 Å². The summed E-state index contributed by atoms with van der Waals surface area (Å²) in [5, 5.41) is 3.07. The first kappa shape index (κ1) is 11.0. The third kappa shape index (κ3) is 1.78. The molecule has 0 aromatic carbocycles. The van der Waals surface area contributed by atoms with Gasteiger partial charge in [-0.1, -0.05) is 19.3 Å². The Balaban J connectivity index is 1.69. The smallest absolute Gasteiger partial charge is 0.138 e. The van der Waals surface area contributed by atoms with E-state index in [1.165, 1.54) is 19.3 Å². The van der Waals surface area contributed by atoms with Crippen LogP contribution in [0.15, 0.2) is 0 Å². The highest BCUT2D eigenvalue weighted by Gasteiger charge is 2.50. The quantitative estimate of drug-likeness (QED) is 0.743. The summed E-state index contributed by atoms with van der Waals surface area (Å²) in [6.07, 6.45) is 8.07. The summed E-state index contributed by atoms with van der Waals surface area (Å²) in [4.78, 5) is 0. The van der Waals surface area contributed by atoms with E-state index in [4.69, 9.17) is 4.74 Å². The molecule has 0 amide bonds. The van der Waals surface area contributed by atoms with Crippen molar-refractivity contribution in [1.29, 1.82) is 0 Å². The highest BCUT2D eigenvalue weighted by atomic mass is 19.1. The number of hydrogen-bond acceptors (Lipinski definition) is 2. The molecule has 0 radical (unpaired) electrons. The molecule has 1 aliphatic carbocycles. The van der Waals surface area contributed by atoms with E-state index in [0.29, 0.717) is 13.1 Å². The van der Waals surface area contributed by atoms with Crippen molar-refractivity contribution < 1.29 is 9.13 Å². The van der Waals surface area contributed by atoms with Gasteiger partial charge in [0.2, 0.25) is 0 Å². The van der Waals surface area contributed by atoms with E-state index in [9.17, 15) is 4.39 Å². The van der Waals surface area contributed by atoms with E-state index >= 15 is 0 Å². The Kier molecular flexibility index (Phi) is 2.71. The molecule has 3 heteroatoms. The second kappa shape index (κ2) is 3.95. The summed E-state index contributed by atoms with van der Waals surface area (Å²) < 4.78 is 20.4. The average Bonchev–Trinajstić information content (AvgIpc) is 2.27. The van der Waals surface area contributed by atoms with Gasteiger partial charge in [0.25, 0.3) is 0 Å². The number of rotatable bonds is 1. The Morgan fingerprint density at radius 3 is 2.50 bits per heavy atom. The van der Waals surface area contributed by atoms with Crippen molar-refractivity contribution in [3.05, 3.63) is 0 Å². The average molecular weight is 227 g/mol. The molecule has 1 N–H and O–H groups in total. The first-order valence-corrected chi connectivity index (χ1v) is 6.76. The van der Waals surface area contributed by atoms with Crippen molar-refractivity contribution in [2.24, 2.45) is 5.92 Å². The number of nitrogens with one attached hydrogen (secondary N) is 1. The van der Waals surface area contributed by atoms with Crippen LogP contribution in [0.1, 0.15) is 44.9 Å². The number of hydrogen-bond donors (Lipinski definition) is 1. The van der Waals surface area contributed by atoms with Crippen LogP contribution in [0.5, 0.6) is 0 Å². The van der Waals surface area contributed by atoms with Crippen molar-refractivity contribution in [3.8, 4) is 0 Å². The lowest BCUT2D eigenvalue weighted by molar-refractivity contribution is -0.148. The minimum Gasteiger partial charge on any atom is -0.375 e. The molecule has 3 aliphatic rings. The summed E-state index contributed by atoms with van der Waals surface area (Å²) in [5.74, 6) is 0.237. The van der Waals surface area contributed by atoms with E-state index in [2.05, 4.69) is 5.32 Å². The van der Waals surface area contributed by atoms with Gasteiger partial charge in [-0.2, -0.15) is 0 Å². The fourth-order valence-corrected chi connectivity index (χ4v) is 3.67. The van der Waals surface area contributed by atoms with Gasteiger partial charge >= 0.3 is 0 Å². The highest BCUT2D eigenvalue weighted by molar-refractivity contribution is 5.03. The lowest BCUT2D eigenvalue weighted by Crippen LogP contribution is -2.63. The summed E-state index contributed by atoms with van der Waals surface area (Å²) in [5.41, 5.74) is -0.871. The van der Waals surface area contributed by atoms with Gasteiger partial charge in [-0.25, -0.2) is 4.39 Å². The largest absolute Gasteiger partial charge is 0.375 e. The van der Waals surface area contributed by atoms with Gasteiger partial charge in [0.05, 0.1) is 5.60 Å². The summed E-state index contributed by atoms with van der Waals surface area (Å²) >= 11 is 0. The molecule has 0 aromatic rings. The lowest BCUT2D eigenvalue weighted by atomic mass is 9.70. The van der Waals surface area contributed by atoms with Gasteiger partial charge < -0.3 is 10.1 Å². The Morgan fingerprint density at radius 1 is 1.12 bits per heavy atom. The zero-order valence-corrected chi connectivity index (χ0v) is 9.93. The van der Waals surface area contributed by atoms with Crippen molar-refractivity contribution in [2.75, 3.05) is 19.7 Å². The van der Waals surface area contributed by atoms with Crippen LogP contribution in [0.2, 0.25) is 0 Å². The second-order valence-electron chi connectivity index (χ2n) is 5.92. The summed E-state index contributed by atoms with van der Waals surface area (Å²) in [6, 6.07) is 0. The minimum atomic E-state index is -0.922. The van der Waals surface area contributed by atoms with E-state index < -0.39 is 5.67 Å². The third-order valence-electron chi connectivity index (χ3n) is 4.83. The van der Waals surface area contributed by atoms with Crippen molar-refractivity contribution in [2.45, 2.75) is 56.2 Å². The van der Waals surface area contributed by atoms with Crippen LogP contribution < -0.4 is 5.32 Å². The Morgan fingerprint density at radius 2 is 1.88 bits per heavy atom. The van der Waals surface area contributed by atoms with E-state index in [1.807, 2.05) is 0 Å². The normalized spacial score (nSPS) is 36.9. The van der Waals surface area contributed by atoms with Gasteiger partial charge in [0.15, 0.2) is 0 Å². The van der Waals surface area contributed by atoms with Gasteiger partial charge in [-0.05, 0) is 25.7 Å². The molecule has 3 rings (SSSR count). The molecule has 1 saturated carbocycles. The second-order valence-corrected chi connectivity index (χ2v) is 5.92. The van der Waals surface area contributed by atoms with Crippen LogP contribution >= 0.6 is 0 Å². The van der Waals surface area contributed by atoms with Gasteiger partial charge in [0.1, 0.15) is 5.67 Å². The lowest BCUT2D eigenvalue weighted by Gasteiger charge is -2.50. The molecular formula is C13H22FNO. The molecule has 2 heterocycles. The monoisotopic (exact) mass is 227 g/mol. The first-order chi connectivity index (χ1) is 7.73. The zero-order chi connectivity index (χ0) is 11.1. The Bertz CT molecular complexity index is 253. The molecule has 1 atom stereocenters. The van der Waals surface area contributed by atoms with Crippen LogP contribution in [0, 0.1) is 5.92 Å². The van der Waals surface area contributed by atoms with Crippen LogP contribution in [0.3, 0.4) is 0 Å². The maximum Gasteiger partial charge on any atom is 0.138 e. The molecule has 0 aromatic heterocycles. The molecular weight excluding hydrogens is 205 g/mol. The van der Waals surface area contributed by atoms with E-state index in [1.54, 1.807) is 0 Å². The fraction of sp³-hybridized carbons (Fsp3) is 1.00. The number of alkyl halides is 1. The topological polar surface area (TPSA) is 21.3 Å². The van der Waals surface area contributed by atoms with Crippen molar-refractivity contribution in [3.63, 3.8) is 0 Å². The van der Waals surface area contributed by atoms with Crippen LogP contribution in [-0.4, -0.2) is 31.0 Å². The zero-order valence-electron chi connectivity index (χ0n) is 9.93. The van der Waals surface area contributed by atoms with E-state index in [-0.39, 0.29) is 11.5 Å². The van der Waals surface area contributed by atoms with Crippen LogP contribution in [0.4, 0.5) is 4.39 Å². The first-order valence-electron chi connectivity index (χ1n) is 6.76. The van der Waals surface area contributed by atoms with Gasteiger partial charge in [0, 0.05) is 25.6 Å². The molecule has 1 unspecified atom stereocenters. The van der Waals surface area contributed by atoms with Crippen molar-refractivity contribution >= 4 is 0 Å². The van der Waals surface area contributed by atoms with Crippen LogP contribution in [-0.2, 0) is 4.74 Å². The molecule has 16 heavy (non-hydrogen) atoms. The molecule has 2 nitrogen and oxygen atoms in total. The highest BCUT2D eigenvalue weighted by Crippen LogP contribution is 2.45. The summed E-state index contributed by atoms with van der Waals surface area (Å²) in [7, 11) is 0. The Labute approximate surface area is 96.9 Å². The Hall–Kier alpha value is -0.150. The standard InChI is InChI=1S/C13H22FNO/c14-13(9-15-10-13)11-4-7-16-12(8-11)5-2-1-3-6-12/h11,15H,1-10H2. The number of ether oxygens (including phenoxy) is 1. The predicted molar refractivity (Wildman–Crippen MR) is 61.2 cm³/mol. The molecule has 0 bridgehead atoms. The molecule has 1 spiro atoms. The van der Waals surface area contributed by atoms with Gasteiger partial charge in [-0.3, -0.25) is 0 Å². The predicted octanol–water partition coefficient (Wildman–Crippen LogP) is 2.43. The summed E-state index contributed by atoms with van der Waals surface area (Å²) in [6.45, 7) is 1.90. The molecule has 3 fully saturated rings.